The van der Waals surface area contributed by atoms with Crippen LogP contribution in [0.1, 0.15) is 12.0 Å². The van der Waals surface area contributed by atoms with Gasteiger partial charge in [0.1, 0.15) is 12.7 Å². The summed E-state index contributed by atoms with van der Waals surface area (Å²) >= 11 is 3.40. The van der Waals surface area contributed by atoms with E-state index in [4.69, 9.17) is 9.47 Å². The molecule has 0 saturated carbocycles. The first kappa shape index (κ1) is 9.84. The maximum atomic E-state index is 5.77. The smallest absolute Gasteiger partial charge is 0.161 e. The van der Waals surface area contributed by atoms with Crippen LogP contribution in [0, 0.1) is 6.92 Å². The largest absolute Gasteiger partial charge is 0.486 e. The molecule has 2 nitrogen and oxygen atoms in total. The van der Waals surface area contributed by atoms with Gasteiger partial charge >= 0.3 is 0 Å². The molecule has 0 spiro atoms. The van der Waals surface area contributed by atoms with E-state index in [2.05, 4.69) is 15.9 Å². The molecule has 0 bridgehead atoms. The molecule has 0 aliphatic carbocycles. The van der Waals surface area contributed by atoms with Gasteiger partial charge in [0.05, 0.1) is 0 Å². The first-order chi connectivity index (χ1) is 6.79. The second-order valence-electron chi connectivity index (χ2n) is 3.48. The highest BCUT2D eigenvalue weighted by Gasteiger charge is 2.19. The standard InChI is InChI=1S/C11H13BrO2/c1-8-2-3-10-11(6-8)13-7-9(14-10)4-5-12/h2-3,6,9H,4-5,7H2,1H3. The Morgan fingerprint density at radius 2 is 2.29 bits per heavy atom. The molecule has 1 atom stereocenters. The molecule has 1 aliphatic rings. The number of fused-ring (bicyclic) bond motifs is 1. The van der Waals surface area contributed by atoms with Gasteiger partial charge in [-0.2, -0.15) is 0 Å². The molecular weight excluding hydrogens is 244 g/mol. The van der Waals surface area contributed by atoms with Gasteiger partial charge in [0.15, 0.2) is 11.5 Å². The lowest BCUT2D eigenvalue weighted by Crippen LogP contribution is -2.29. The number of halogens is 1. The van der Waals surface area contributed by atoms with Crippen molar-refractivity contribution in [3.8, 4) is 11.5 Å². The number of hydrogen-bond donors (Lipinski definition) is 0. The summed E-state index contributed by atoms with van der Waals surface area (Å²) in [7, 11) is 0. The van der Waals surface area contributed by atoms with Crippen LogP contribution in [0.3, 0.4) is 0 Å². The molecule has 0 radical (unpaired) electrons. The van der Waals surface area contributed by atoms with E-state index in [0.717, 1.165) is 23.2 Å². The molecule has 14 heavy (non-hydrogen) atoms. The Morgan fingerprint density at radius 1 is 1.43 bits per heavy atom. The Kier molecular flexibility index (Phi) is 2.96. The van der Waals surface area contributed by atoms with Crippen LogP contribution in [0.5, 0.6) is 11.5 Å². The van der Waals surface area contributed by atoms with Crippen molar-refractivity contribution in [2.45, 2.75) is 19.4 Å². The van der Waals surface area contributed by atoms with Crippen LogP contribution in [0.4, 0.5) is 0 Å². The Morgan fingerprint density at radius 3 is 3.07 bits per heavy atom. The minimum absolute atomic E-state index is 0.185. The van der Waals surface area contributed by atoms with Gasteiger partial charge in [-0.15, -0.1) is 0 Å². The summed E-state index contributed by atoms with van der Waals surface area (Å²) in [5, 5.41) is 0.947. The van der Waals surface area contributed by atoms with E-state index in [-0.39, 0.29) is 6.10 Å². The molecule has 0 saturated heterocycles. The fraction of sp³-hybridized carbons (Fsp3) is 0.455. The average molecular weight is 257 g/mol. The van der Waals surface area contributed by atoms with Crippen molar-refractivity contribution >= 4 is 15.9 Å². The van der Waals surface area contributed by atoms with E-state index in [1.165, 1.54) is 5.56 Å². The van der Waals surface area contributed by atoms with Crippen LogP contribution in [-0.4, -0.2) is 18.0 Å². The number of ether oxygens (including phenoxy) is 2. The third-order valence-electron chi connectivity index (χ3n) is 2.25. The Hall–Kier alpha value is -0.700. The molecule has 1 heterocycles. The second kappa shape index (κ2) is 4.22. The van der Waals surface area contributed by atoms with Crippen molar-refractivity contribution in [1.82, 2.24) is 0 Å². The van der Waals surface area contributed by atoms with E-state index in [1.807, 2.05) is 25.1 Å². The molecule has 0 amide bonds. The third kappa shape index (κ3) is 2.03. The monoisotopic (exact) mass is 256 g/mol. The third-order valence-corrected chi connectivity index (χ3v) is 2.71. The summed E-state index contributed by atoms with van der Waals surface area (Å²) in [6, 6.07) is 6.03. The van der Waals surface area contributed by atoms with Gasteiger partial charge in [-0.1, -0.05) is 22.0 Å². The maximum Gasteiger partial charge on any atom is 0.161 e. The van der Waals surface area contributed by atoms with Gasteiger partial charge in [-0.3, -0.25) is 0 Å². The Bertz CT molecular complexity index is 325. The zero-order valence-corrected chi connectivity index (χ0v) is 9.71. The fourth-order valence-corrected chi connectivity index (χ4v) is 2.00. The summed E-state index contributed by atoms with van der Waals surface area (Å²) in [4.78, 5) is 0. The molecule has 76 valence electrons. The topological polar surface area (TPSA) is 18.5 Å². The normalized spacial score (nSPS) is 19.4. The first-order valence-corrected chi connectivity index (χ1v) is 5.88. The molecule has 2 rings (SSSR count). The molecule has 1 aliphatic heterocycles. The van der Waals surface area contributed by atoms with Gasteiger partial charge < -0.3 is 9.47 Å². The lowest BCUT2D eigenvalue weighted by Gasteiger charge is -2.26. The van der Waals surface area contributed by atoms with Crippen LogP contribution >= 0.6 is 15.9 Å². The van der Waals surface area contributed by atoms with Gasteiger partial charge in [-0.05, 0) is 31.0 Å². The van der Waals surface area contributed by atoms with Crippen molar-refractivity contribution in [1.29, 1.82) is 0 Å². The number of rotatable bonds is 2. The molecule has 3 heteroatoms. The predicted molar refractivity (Wildman–Crippen MR) is 59.5 cm³/mol. The molecular formula is C11H13BrO2. The SMILES string of the molecule is Cc1ccc2c(c1)OCC(CCBr)O2. The number of alkyl halides is 1. The number of hydrogen-bond acceptors (Lipinski definition) is 2. The predicted octanol–water partition coefficient (Wildman–Crippen LogP) is 2.92. The van der Waals surface area contributed by atoms with Crippen LogP contribution in [0.15, 0.2) is 18.2 Å². The molecule has 1 aromatic carbocycles. The van der Waals surface area contributed by atoms with Crippen molar-refractivity contribution in [2.75, 3.05) is 11.9 Å². The van der Waals surface area contributed by atoms with Crippen LogP contribution in [-0.2, 0) is 0 Å². The quantitative estimate of drug-likeness (QED) is 0.758. The van der Waals surface area contributed by atoms with Crippen LogP contribution in [0.25, 0.3) is 0 Å². The summed E-state index contributed by atoms with van der Waals surface area (Å²) in [5.41, 5.74) is 1.20. The second-order valence-corrected chi connectivity index (χ2v) is 4.27. The maximum absolute atomic E-state index is 5.77. The van der Waals surface area contributed by atoms with Crippen molar-refractivity contribution in [2.24, 2.45) is 0 Å². The van der Waals surface area contributed by atoms with Gasteiger partial charge in [-0.25, -0.2) is 0 Å². The van der Waals surface area contributed by atoms with Gasteiger partial charge in [0.25, 0.3) is 0 Å². The molecule has 0 fully saturated rings. The Labute approximate surface area is 92.3 Å². The Balaban J connectivity index is 2.15. The minimum atomic E-state index is 0.185. The fourth-order valence-electron chi connectivity index (χ4n) is 1.49. The van der Waals surface area contributed by atoms with Crippen LogP contribution in [0.2, 0.25) is 0 Å². The molecule has 1 aromatic rings. The average Bonchev–Trinajstić information content (AvgIpc) is 2.19. The molecule has 1 unspecified atom stereocenters. The van der Waals surface area contributed by atoms with Crippen molar-refractivity contribution in [3.05, 3.63) is 23.8 Å². The highest BCUT2D eigenvalue weighted by atomic mass is 79.9. The summed E-state index contributed by atoms with van der Waals surface area (Å²) in [6.45, 7) is 2.70. The van der Waals surface area contributed by atoms with Gasteiger partial charge in [0.2, 0.25) is 0 Å². The van der Waals surface area contributed by atoms with Crippen molar-refractivity contribution < 1.29 is 9.47 Å². The zero-order valence-electron chi connectivity index (χ0n) is 8.13. The lowest BCUT2D eigenvalue weighted by molar-refractivity contribution is 0.0894. The zero-order chi connectivity index (χ0) is 9.97. The van der Waals surface area contributed by atoms with E-state index in [0.29, 0.717) is 6.61 Å². The van der Waals surface area contributed by atoms with E-state index >= 15 is 0 Å². The molecule has 0 N–H and O–H groups in total. The van der Waals surface area contributed by atoms with E-state index < -0.39 is 0 Å². The molecule has 0 aromatic heterocycles. The van der Waals surface area contributed by atoms with E-state index in [9.17, 15) is 0 Å². The summed E-state index contributed by atoms with van der Waals surface area (Å²) < 4.78 is 11.4. The minimum Gasteiger partial charge on any atom is -0.486 e. The highest BCUT2D eigenvalue weighted by molar-refractivity contribution is 9.09. The van der Waals surface area contributed by atoms with Gasteiger partial charge in [0, 0.05) is 5.33 Å². The first-order valence-electron chi connectivity index (χ1n) is 4.75. The van der Waals surface area contributed by atoms with Crippen LogP contribution < -0.4 is 9.47 Å². The lowest BCUT2D eigenvalue weighted by atomic mass is 10.2. The number of benzene rings is 1. The summed E-state index contributed by atoms with van der Waals surface area (Å²) in [6.07, 6.45) is 1.16. The van der Waals surface area contributed by atoms with E-state index in [1.54, 1.807) is 0 Å². The highest BCUT2D eigenvalue weighted by Crippen LogP contribution is 2.32. The summed E-state index contributed by atoms with van der Waals surface area (Å²) in [5.74, 6) is 1.74. The number of aryl methyl sites for hydroxylation is 1. The van der Waals surface area contributed by atoms with Crippen molar-refractivity contribution in [3.63, 3.8) is 0 Å².